The number of hydrogen-bond acceptors (Lipinski definition) is 4. The van der Waals surface area contributed by atoms with Crippen LogP contribution in [-0.4, -0.2) is 54.2 Å². The molecule has 1 heterocycles. The van der Waals surface area contributed by atoms with Crippen LogP contribution in [0, 0.1) is 0 Å². The topological polar surface area (TPSA) is 81.7 Å². The Balaban J connectivity index is 2.28. The molecule has 3 amide bonds. The van der Waals surface area contributed by atoms with Crippen molar-refractivity contribution in [1.82, 2.24) is 15.5 Å². The van der Waals surface area contributed by atoms with Crippen molar-refractivity contribution >= 4 is 11.9 Å². The fourth-order valence-electron chi connectivity index (χ4n) is 1.87. The Morgan fingerprint density at radius 1 is 1.53 bits per heavy atom. The van der Waals surface area contributed by atoms with Gasteiger partial charge in [-0.05, 0) is 19.4 Å². The molecule has 1 rings (SSSR count). The van der Waals surface area contributed by atoms with Gasteiger partial charge in [0, 0.05) is 12.6 Å². The van der Waals surface area contributed by atoms with E-state index in [1.54, 1.807) is 0 Å². The monoisotopic (exact) mass is 241 g/mol. The van der Waals surface area contributed by atoms with E-state index in [0.717, 1.165) is 19.4 Å². The van der Waals surface area contributed by atoms with Crippen LogP contribution in [0.2, 0.25) is 0 Å². The van der Waals surface area contributed by atoms with Crippen molar-refractivity contribution in [2.75, 3.05) is 26.2 Å². The second-order valence-electron chi connectivity index (χ2n) is 4.00. The van der Waals surface area contributed by atoms with Crippen molar-refractivity contribution in [1.29, 1.82) is 0 Å². The molecule has 1 atom stereocenters. The molecule has 0 radical (unpaired) electrons. The van der Waals surface area contributed by atoms with E-state index in [1.807, 2.05) is 4.90 Å². The number of imide groups is 1. The molecule has 96 valence electrons. The van der Waals surface area contributed by atoms with E-state index in [0.29, 0.717) is 6.54 Å². The number of nitrogens with zero attached hydrogens (tertiary/aromatic N) is 1. The van der Waals surface area contributed by atoms with Gasteiger partial charge in [-0.2, -0.15) is 0 Å². The molecule has 1 fully saturated rings. The van der Waals surface area contributed by atoms with Crippen LogP contribution in [0.4, 0.5) is 4.79 Å². The molecular weight excluding hydrogens is 222 g/mol. The molecular formula is C11H19N3O3. The lowest BCUT2D eigenvalue weighted by atomic mass is 10.2. The van der Waals surface area contributed by atoms with Crippen molar-refractivity contribution < 1.29 is 14.7 Å². The van der Waals surface area contributed by atoms with E-state index >= 15 is 0 Å². The largest absolute Gasteiger partial charge is 0.395 e. The smallest absolute Gasteiger partial charge is 0.321 e. The Hall–Kier alpha value is -1.40. The number of aliphatic hydroxyl groups excluding tert-OH is 1. The molecule has 0 bridgehead atoms. The third kappa shape index (κ3) is 4.54. The van der Waals surface area contributed by atoms with Crippen LogP contribution in [0.1, 0.15) is 12.8 Å². The number of rotatable bonds is 5. The molecule has 0 spiro atoms. The van der Waals surface area contributed by atoms with E-state index < -0.39 is 6.03 Å². The summed E-state index contributed by atoms with van der Waals surface area (Å²) < 4.78 is 0. The first-order valence-electron chi connectivity index (χ1n) is 5.71. The van der Waals surface area contributed by atoms with E-state index in [1.165, 1.54) is 6.08 Å². The molecule has 0 unspecified atom stereocenters. The summed E-state index contributed by atoms with van der Waals surface area (Å²) in [5.41, 5.74) is 0. The van der Waals surface area contributed by atoms with Gasteiger partial charge in [0.15, 0.2) is 0 Å². The Kier molecular flexibility index (Phi) is 5.65. The van der Waals surface area contributed by atoms with Crippen molar-refractivity contribution in [3.8, 4) is 0 Å². The number of aliphatic hydroxyl groups is 1. The lowest BCUT2D eigenvalue weighted by molar-refractivity contribution is -0.121. The minimum Gasteiger partial charge on any atom is -0.395 e. The van der Waals surface area contributed by atoms with E-state index in [2.05, 4.69) is 17.2 Å². The molecule has 0 aromatic heterocycles. The van der Waals surface area contributed by atoms with Crippen LogP contribution < -0.4 is 10.6 Å². The molecule has 6 heteroatoms. The highest BCUT2D eigenvalue weighted by Gasteiger charge is 2.25. The zero-order chi connectivity index (χ0) is 12.7. The molecule has 6 nitrogen and oxygen atoms in total. The summed E-state index contributed by atoms with van der Waals surface area (Å²) >= 11 is 0. The number of urea groups is 1. The van der Waals surface area contributed by atoms with E-state index in [4.69, 9.17) is 5.11 Å². The van der Waals surface area contributed by atoms with E-state index in [9.17, 15) is 9.59 Å². The summed E-state index contributed by atoms with van der Waals surface area (Å²) in [4.78, 5) is 24.6. The van der Waals surface area contributed by atoms with Gasteiger partial charge < -0.3 is 10.4 Å². The second kappa shape index (κ2) is 7.03. The molecule has 0 aromatic carbocycles. The van der Waals surface area contributed by atoms with Gasteiger partial charge >= 0.3 is 6.03 Å². The molecule has 0 aliphatic carbocycles. The van der Waals surface area contributed by atoms with Gasteiger partial charge in [-0.25, -0.2) is 4.79 Å². The maximum atomic E-state index is 11.5. The number of carbonyl (C=O) groups excluding carboxylic acids is 2. The quantitative estimate of drug-likeness (QED) is 0.564. The minimum atomic E-state index is -0.519. The summed E-state index contributed by atoms with van der Waals surface area (Å²) in [6, 6.07) is -0.480. The maximum Gasteiger partial charge on any atom is 0.321 e. The average molecular weight is 241 g/mol. The number of amides is 3. The van der Waals surface area contributed by atoms with Crippen LogP contribution in [0.3, 0.4) is 0 Å². The van der Waals surface area contributed by atoms with Gasteiger partial charge in [0.1, 0.15) is 0 Å². The molecule has 0 saturated carbocycles. The Morgan fingerprint density at radius 3 is 2.94 bits per heavy atom. The molecule has 3 N–H and O–H groups in total. The zero-order valence-corrected chi connectivity index (χ0v) is 9.82. The highest BCUT2D eigenvalue weighted by atomic mass is 16.3. The zero-order valence-electron chi connectivity index (χ0n) is 9.82. The van der Waals surface area contributed by atoms with Crippen LogP contribution in [0.25, 0.3) is 0 Å². The molecule has 17 heavy (non-hydrogen) atoms. The third-order valence-electron chi connectivity index (χ3n) is 2.72. The van der Waals surface area contributed by atoms with E-state index in [-0.39, 0.29) is 25.1 Å². The number of nitrogens with one attached hydrogen (secondary N) is 2. The Bertz CT molecular complexity index is 294. The molecule has 1 aliphatic rings. The standard InChI is InChI=1S/C11H19N3O3/c1-2-5-12-11(17)13-10(16)7-14-6-3-4-9(14)8-15/h2,9,15H,1,3-8H2,(H2,12,13,16,17)/t9-/m0/s1. The van der Waals surface area contributed by atoms with Gasteiger partial charge in [-0.3, -0.25) is 15.0 Å². The van der Waals surface area contributed by atoms with Crippen LogP contribution in [0.5, 0.6) is 0 Å². The van der Waals surface area contributed by atoms with Crippen LogP contribution in [0.15, 0.2) is 12.7 Å². The maximum absolute atomic E-state index is 11.5. The fourth-order valence-corrected chi connectivity index (χ4v) is 1.87. The third-order valence-corrected chi connectivity index (χ3v) is 2.72. The predicted octanol–water partition coefficient (Wildman–Crippen LogP) is -0.545. The van der Waals surface area contributed by atoms with Gasteiger partial charge in [-0.15, -0.1) is 6.58 Å². The number of carbonyl (C=O) groups is 2. The van der Waals surface area contributed by atoms with Gasteiger partial charge in [0.2, 0.25) is 5.91 Å². The van der Waals surface area contributed by atoms with Gasteiger partial charge in [-0.1, -0.05) is 6.08 Å². The van der Waals surface area contributed by atoms with Crippen molar-refractivity contribution in [2.24, 2.45) is 0 Å². The summed E-state index contributed by atoms with van der Waals surface area (Å²) in [5.74, 6) is -0.355. The van der Waals surface area contributed by atoms with Crippen LogP contribution in [-0.2, 0) is 4.79 Å². The highest BCUT2D eigenvalue weighted by molar-refractivity contribution is 5.95. The van der Waals surface area contributed by atoms with Gasteiger partial charge in [0.25, 0.3) is 0 Å². The number of hydrogen-bond donors (Lipinski definition) is 3. The van der Waals surface area contributed by atoms with Gasteiger partial charge in [0.05, 0.1) is 13.2 Å². The lowest BCUT2D eigenvalue weighted by Crippen LogP contribution is -2.46. The molecule has 1 saturated heterocycles. The Morgan fingerprint density at radius 2 is 2.29 bits per heavy atom. The predicted molar refractivity (Wildman–Crippen MR) is 63.4 cm³/mol. The lowest BCUT2D eigenvalue weighted by Gasteiger charge is -2.21. The summed E-state index contributed by atoms with van der Waals surface area (Å²) in [7, 11) is 0. The van der Waals surface area contributed by atoms with Crippen molar-refractivity contribution in [2.45, 2.75) is 18.9 Å². The second-order valence-corrected chi connectivity index (χ2v) is 4.00. The summed E-state index contributed by atoms with van der Waals surface area (Å²) in [5, 5.41) is 13.8. The minimum absolute atomic E-state index is 0.0389. The SMILES string of the molecule is C=CCNC(=O)NC(=O)CN1CCC[C@H]1CO. The first-order chi connectivity index (χ1) is 8.17. The highest BCUT2D eigenvalue weighted by Crippen LogP contribution is 2.15. The fraction of sp³-hybridized carbons (Fsp3) is 0.636. The molecule has 1 aliphatic heterocycles. The summed E-state index contributed by atoms with van der Waals surface area (Å²) in [6.45, 7) is 4.76. The van der Waals surface area contributed by atoms with Crippen molar-refractivity contribution in [3.63, 3.8) is 0 Å². The average Bonchev–Trinajstić information content (AvgIpc) is 2.73. The van der Waals surface area contributed by atoms with Crippen molar-refractivity contribution in [3.05, 3.63) is 12.7 Å². The first-order valence-corrected chi connectivity index (χ1v) is 5.71. The Labute approximate surface area is 101 Å². The summed E-state index contributed by atoms with van der Waals surface area (Å²) in [6.07, 6.45) is 3.40. The normalized spacial score (nSPS) is 19.9. The van der Waals surface area contributed by atoms with Crippen LogP contribution >= 0.6 is 0 Å². The molecule has 0 aromatic rings. The first kappa shape index (κ1) is 13.7. The number of likely N-dealkylation sites (tertiary alicyclic amines) is 1.